The highest BCUT2D eigenvalue weighted by Crippen LogP contribution is 2.16. The van der Waals surface area contributed by atoms with E-state index in [1.807, 2.05) is 6.07 Å². The Balaban J connectivity index is 1.71. The third kappa shape index (κ3) is 5.55. The fourth-order valence-corrected chi connectivity index (χ4v) is 1.90. The van der Waals surface area contributed by atoms with Crippen molar-refractivity contribution in [3.63, 3.8) is 0 Å². The third-order valence-electron chi connectivity index (χ3n) is 3.19. The summed E-state index contributed by atoms with van der Waals surface area (Å²) < 4.78 is 10.5. The number of hydrogen-bond donors (Lipinski definition) is 2. The lowest BCUT2D eigenvalue weighted by Crippen LogP contribution is -2.37. The van der Waals surface area contributed by atoms with Gasteiger partial charge in [0.2, 0.25) is 0 Å². The number of carbonyl (C=O) groups is 2. The summed E-state index contributed by atoms with van der Waals surface area (Å²) in [5.41, 5.74) is 0.909. The first kappa shape index (κ1) is 17.8. The molecule has 25 heavy (non-hydrogen) atoms. The Morgan fingerprint density at radius 3 is 2.24 bits per heavy atom. The minimum absolute atomic E-state index is 0.186. The van der Waals surface area contributed by atoms with E-state index < -0.39 is 11.8 Å². The molecule has 0 atom stereocenters. The topological polar surface area (TPSA) is 100 Å². The summed E-state index contributed by atoms with van der Waals surface area (Å²) in [6.07, 6.45) is 0. The van der Waals surface area contributed by atoms with Crippen LogP contribution in [0.25, 0.3) is 0 Å². The predicted octanol–water partition coefficient (Wildman–Crippen LogP) is 1.70. The number of amides is 2. The average molecular weight is 339 g/mol. The molecule has 0 radical (unpaired) electrons. The summed E-state index contributed by atoms with van der Waals surface area (Å²) >= 11 is 0. The van der Waals surface area contributed by atoms with Crippen LogP contribution in [0.5, 0.6) is 11.5 Å². The lowest BCUT2D eigenvalue weighted by atomic mass is 10.2. The van der Waals surface area contributed by atoms with Crippen LogP contribution >= 0.6 is 0 Å². The Labute approximate surface area is 145 Å². The van der Waals surface area contributed by atoms with Crippen molar-refractivity contribution < 1.29 is 19.1 Å². The number of nitrogens with one attached hydrogen (secondary N) is 2. The molecule has 0 saturated heterocycles. The normalized spacial score (nSPS) is 9.60. The first-order chi connectivity index (χ1) is 12.1. The number of anilines is 1. The molecule has 2 rings (SSSR count). The maximum absolute atomic E-state index is 11.8. The molecular weight excluding hydrogens is 322 g/mol. The molecule has 0 aliphatic heterocycles. The van der Waals surface area contributed by atoms with Crippen LogP contribution in [0.15, 0.2) is 48.5 Å². The molecule has 0 fully saturated rings. The van der Waals surface area contributed by atoms with Crippen molar-refractivity contribution in [1.29, 1.82) is 5.26 Å². The number of nitrogens with zero attached hydrogens (tertiary/aromatic N) is 1. The van der Waals surface area contributed by atoms with Gasteiger partial charge in [-0.3, -0.25) is 9.59 Å². The van der Waals surface area contributed by atoms with Gasteiger partial charge in [-0.1, -0.05) is 0 Å². The lowest BCUT2D eigenvalue weighted by molar-refractivity contribution is -0.136. The van der Waals surface area contributed by atoms with E-state index in [1.165, 1.54) is 0 Å². The van der Waals surface area contributed by atoms with Crippen molar-refractivity contribution in [3.05, 3.63) is 54.1 Å². The van der Waals surface area contributed by atoms with Gasteiger partial charge in [-0.15, -0.1) is 0 Å². The SMILES string of the molecule is COc1ccc(OCCNC(=O)C(=O)Nc2ccc(C#N)cc2)cc1. The van der Waals surface area contributed by atoms with Gasteiger partial charge >= 0.3 is 11.8 Å². The van der Waals surface area contributed by atoms with Gasteiger partial charge in [0, 0.05) is 5.69 Å². The highest BCUT2D eigenvalue weighted by Gasteiger charge is 2.13. The summed E-state index contributed by atoms with van der Waals surface area (Å²) in [4.78, 5) is 23.5. The standard InChI is InChI=1S/C18H17N3O4/c1-24-15-6-8-16(9-7-15)25-11-10-20-17(22)18(23)21-14-4-2-13(12-19)3-5-14/h2-9H,10-11H2,1H3,(H,20,22)(H,21,23). The Morgan fingerprint density at radius 2 is 1.64 bits per heavy atom. The molecule has 128 valence electrons. The number of ether oxygens (including phenoxy) is 2. The molecule has 2 aromatic rings. The first-order valence-electron chi connectivity index (χ1n) is 7.48. The molecule has 2 aromatic carbocycles. The number of hydrogen-bond acceptors (Lipinski definition) is 5. The van der Waals surface area contributed by atoms with Crippen LogP contribution in [0, 0.1) is 11.3 Å². The smallest absolute Gasteiger partial charge is 0.313 e. The van der Waals surface area contributed by atoms with Crippen molar-refractivity contribution in [2.24, 2.45) is 0 Å². The van der Waals surface area contributed by atoms with Gasteiger partial charge in [0.15, 0.2) is 0 Å². The maximum Gasteiger partial charge on any atom is 0.313 e. The number of benzene rings is 2. The van der Waals surface area contributed by atoms with E-state index in [9.17, 15) is 9.59 Å². The second-order valence-electron chi connectivity index (χ2n) is 4.92. The molecule has 7 heteroatoms. The van der Waals surface area contributed by atoms with Gasteiger partial charge in [0.25, 0.3) is 0 Å². The van der Waals surface area contributed by atoms with Crippen LogP contribution < -0.4 is 20.1 Å². The number of rotatable bonds is 6. The quantitative estimate of drug-likeness (QED) is 0.616. The van der Waals surface area contributed by atoms with Crippen LogP contribution in [-0.4, -0.2) is 32.1 Å². The van der Waals surface area contributed by atoms with Gasteiger partial charge in [0.1, 0.15) is 18.1 Å². The van der Waals surface area contributed by atoms with E-state index >= 15 is 0 Å². The Bertz CT molecular complexity index is 764. The zero-order chi connectivity index (χ0) is 18.1. The number of nitriles is 1. The van der Waals surface area contributed by atoms with Crippen LogP contribution in [-0.2, 0) is 9.59 Å². The van der Waals surface area contributed by atoms with Crippen LogP contribution in [0.1, 0.15) is 5.56 Å². The Hall–Kier alpha value is -3.53. The van der Waals surface area contributed by atoms with Crippen molar-refractivity contribution >= 4 is 17.5 Å². The predicted molar refractivity (Wildman–Crippen MR) is 91.3 cm³/mol. The van der Waals surface area contributed by atoms with Gasteiger partial charge in [-0.05, 0) is 48.5 Å². The van der Waals surface area contributed by atoms with Crippen molar-refractivity contribution in [2.75, 3.05) is 25.6 Å². The van der Waals surface area contributed by atoms with E-state index in [1.54, 1.807) is 55.6 Å². The molecular formula is C18H17N3O4. The average Bonchev–Trinajstić information content (AvgIpc) is 2.66. The fourth-order valence-electron chi connectivity index (χ4n) is 1.90. The van der Waals surface area contributed by atoms with E-state index in [0.717, 1.165) is 5.75 Å². The fraction of sp³-hybridized carbons (Fsp3) is 0.167. The number of methoxy groups -OCH3 is 1. The van der Waals surface area contributed by atoms with Crippen molar-refractivity contribution in [3.8, 4) is 17.6 Å². The maximum atomic E-state index is 11.8. The molecule has 0 aliphatic rings. The second-order valence-corrected chi connectivity index (χ2v) is 4.92. The second kappa shape index (κ2) is 8.93. The van der Waals surface area contributed by atoms with Gasteiger partial charge in [-0.2, -0.15) is 5.26 Å². The van der Waals surface area contributed by atoms with E-state index in [0.29, 0.717) is 17.0 Å². The Morgan fingerprint density at radius 1 is 1.00 bits per heavy atom. The highest BCUT2D eigenvalue weighted by molar-refractivity contribution is 6.39. The summed E-state index contributed by atoms with van der Waals surface area (Å²) in [5, 5.41) is 13.6. The molecule has 0 unspecified atom stereocenters. The highest BCUT2D eigenvalue weighted by atomic mass is 16.5. The van der Waals surface area contributed by atoms with Crippen LogP contribution in [0.3, 0.4) is 0 Å². The van der Waals surface area contributed by atoms with E-state index in [4.69, 9.17) is 14.7 Å². The summed E-state index contributed by atoms with van der Waals surface area (Å²) in [7, 11) is 1.58. The van der Waals surface area contributed by atoms with Gasteiger partial charge in [0.05, 0.1) is 25.3 Å². The minimum Gasteiger partial charge on any atom is -0.497 e. The van der Waals surface area contributed by atoms with Crippen LogP contribution in [0.2, 0.25) is 0 Å². The zero-order valence-electron chi connectivity index (χ0n) is 13.6. The number of carbonyl (C=O) groups excluding carboxylic acids is 2. The van der Waals surface area contributed by atoms with Crippen molar-refractivity contribution in [1.82, 2.24) is 5.32 Å². The minimum atomic E-state index is -0.783. The van der Waals surface area contributed by atoms with E-state index in [-0.39, 0.29) is 13.2 Å². The molecule has 0 heterocycles. The van der Waals surface area contributed by atoms with Crippen molar-refractivity contribution in [2.45, 2.75) is 0 Å². The van der Waals surface area contributed by atoms with Crippen LogP contribution in [0.4, 0.5) is 5.69 Å². The summed E-state index contributed by atoms with van der Waals surface area (Å²) in [6, 6.07) is 15.2. The van der Waals surface area contributed by atoms with E-state index in [2.05, 4.69) is 10.6 Å². The molecule has 7 nitrogen and oxygen atoms in total. The molecule has 0 spiro atoms. The molecule has 2 amide bonds. The van der Waals surface area contributed by atoms with Gasteiger partial charge in [-0.25, -0.2) is 0 Å². The molecule has 0 bridgehead atoms. The molecule has 0 aliphatic carbocycles. The summed E-state index contributed by atoms with van der Waals surface area (Å²) in [6.45, 7) is 0.411. The largest absolute Gasteiger partial charge is 0.497 e. The van der Waals surface area contributed by atoms with Gasteiger partial charge < -0.3 is 20.1 Å². The summed E-state index contributed by atoms with van der Waals surface area (Å²) in [5.74, 6) is -0.186. The zero-order valence-corrected chi connectivity index (χ0v) is 13.6. The molecule has 0 aromatic heterocycles. The monoisotopic (exact) mass is 339 g/mol. The first-order valence-corrected chi connectivity index (χ1v) is 7.48. The molecule has 0 saturated carbocycles. The lowest BCUT2D eigenvalue weighted by Gasteiger charge is -2.09. The third-order valence-corrected chi connectivity index (χ3v) is 3.19. The molecule has 2 N–H and O–H groups in total. The Kier molecular flexibility index (Phi) is 6.37.